The molecule has 2 atom stereocenters. The first kappa shape index (κ1) is 13.2. The number of nitrogens with zero attached hydrogens (tertiary/aromatic N) is 4. The summed E-state index contributed by atoms with van der Waals surface area (Å²) >= 11 is 0. The molecule has 2 aromatic rings. The SMILES string of the molecule is CC1(C)C(C#N)C1c1nc(-c2ccccc2[N+](=O)[O-])no1. The van der Waals surface area contributed by atoms with Crippen molar-refractivity contribution < 1.29 is 9.45 Å². The molecule has 1 aliphatic rings. The molecule has 0 saturated heterocycles. The van der Waals surface area contributed by atoms with Crippen LogP contribution in [0.4, 0.5) is 5.69 Å². The Morgan fingerprint density at radius 2 is 2.14 bits per heavy atom. The fraction of sp³-hybridized carbons (Fsp3) is 0.357. The lowest BCUT2D eigenvalue weighted by Gasteiger charge is -1.96. The van der Waals surface area contributed by atoms with Crippen LogP contribution in [0, 0.1) is 32.8 Å². The van der Waals surface area contributed by atoms with Gasteiger partial charge in [-0.05, 0) is 11.5 Å². The van der Waals surface area contributed by atoms with Gasteiger partial charge in [0.2, 0.25) is 11.7 Å². The minimum absolute atomic E-state index is 0.0725. The van der Waals surface area contributed by atoms with Crippen molar-refractivity contribution in [2.24, 2.45) is 11.3 Å². The largest absolute Gasteiger partial charge is 0.339 e. The van der Waals surface area contributed by atoms with Gasteiger partial charge in [0.1, 0.15) is 5.56 Å². The van der Waals surface area contributed by atoms with E-state index in [4.69, 9.17) is 9.78 Å². The fourth-order valence-corrected chi connectivity index (χ4v) is 2.63. The lowest BCUT2D eigenvalue weighted by Crippen LogP contribution is -1.93. The van der Waals surface area contributed by atoms with Crippen LogP contribution < -0.4 is 0 Å². The van der Waals surface area contributed by atoms with E-state index in [1.807, 2.05) is 13.8 Å². The molecular weight excluding hydrogens is 272 g/mol. The first-order valence-corrected chi connectivity index (χ1v) is 6.44. The highest BCUT2D eigenvalue weighted by Crippen LogP contribution is 2.63. The molecule has 21 heavy (non-hydrogen) atoms. The molecule has 0 bridgehead atoms. The van der Waals surface area contributed by atoms with Crippen molar-refractivity contribution in [3.8, 4) is 17.5 Å². The molecule has 1 heterocycles. The monoisotopic (exact) mass is 284 g/mol. The Morgan fingerprint density at radius 3 is 2.76 bits per heavy atom. The fourth-order valence-electron chi connectivity index (χ4n) is 2.63. The Kier molecular flexibility index (Phi) is 2.76. The van der Waals surface area contributed by atoms with Crippen LogP contribution in [0.1, 0.15) is 25.7 Å². The molecule has 2 unspecified atom stereocenters. The van der Waals surface area contributed by atoms with Crippen LogP contribution in [0.3, 0.4) is 0 Å². The zero-order valence-electron chi connectivity index (χ0n) is 11.5. The van der Waals surface area contributed by atoms with Crippen LogP contribution in [-0.4, -0.2) is 15.1 Å². The highest BCUT2D eigenvalue weighted by atomic mass is 16.6. The molecule has 1 fully saturated rings. The van der Waals surface area contributed by atoms with E-state index in [9.17, 15) is 10.1 Å². The van der Waals surface area contributed by atoms with Gasteiger partial charge in [-0.25, -0.2) is 0 Å². The summed E-state index contributed by atoms with van der Waals surface area (Å²) in [6, 6.07) is 8.45. The number of benzene rings is 1. The average molecular weight is 284 g/mol. The Hall–Kier alpha value is -2.75. The molecular formula is C14H12N4O3. The zero-order chi connectivity index (χ0) is 15.2. The van der Waals surface area contributed by atoms with Gasteiger partial charge in [0.25, 0.3) is 5.69 Å². The Bertz CT molecular complexity index is 760. The van der Waals surface area contributed by atoms with Gasteiger partial charge < -0.3 is 4.52 Å². The number of nitriles is 1. The second kappa shape index (κ2) is 4.38. The quantitative estimate of drug-likeness (QED) is 0.633. The molecule has 0 amide bonds. The number of rotatable bonds is 3. The third kappa shape index (κ3) is 1.96. The Morgan fingerprint density at radius 1 is 1.43 bits per heavy atom. The van der Waals surface area contributed by atoms with Gasteiger partial charge in [0, 0.05) is 6.07 Å². The van der Waals surface area contributed by atoms with Gasteiger partial charge in [-0.15, -0.1) is 0 Å². The van der Waals surface area contributed by atoms with E-state index >= 15 is 0 Å². The van der Waals surface area contributed by atoms with Crippen LogP contribution in [0.2, 0.25) is 0 Å². The van der Waals surface area contributed by atoms with E-state index in [2.05, 4.69) is 16.2 Å². The van der Waals surface area contributed by atoms with Crippen LogP contribution in [0.5, 0.6) is 0 Å². The molecule has 1 aliphatic carbocycles. The van der Waals surface area contributed by atoms with E-state index in [0.29, 0.717) is 11.5 Å². The third-order valence-electron chi connectivity index (χ3n) is 4.02. The van der Waals surface area contributed by atoms with Gasteiger partial charge in [-0.2, -0.15) is 10.2 Å². The molecule has 7 nitrogen and oxygen atoms in total. The van der Waals surface area contributed by atoms with E-state index in [-0.39, 0.29) is 28.8 Å². The number of hydrogen-bond acceptors (Lipinski definition) is 6. The standard InChI is InChI=1S/C14H12N4O3/c1-14(2)9(7-15)11(14)13-16-12(17-21-13)8-5-3-4-6-10(8)18(19)20/h3-6,9,11H,1-2H3. The Balaban J connectivity index is 1.98. The predicted molar refractivity (Wildman–Crippen MR) is 72.0 cm³/mol. The van der Waals surface area contributed by atoms with E-state index in [0.717, 1.165) is 0 Å². The summed E-state index contributed by atoms with van der Waals surface area (Å²) in [7, 11) is 0. The first-order valence-electron chi connectivity index (χ1n) is 6.44. The molecule has 7 heteroatoms. The maximum absolute atomic E-state index is 11.0. The van der Waals surface area contributed by atoms with Crippen molar-refractivity contribution in [1.29, 1.82) is 5.26 Å². The molecule has 106 valence electrons. The minimum Gasteiger partial charge on any atom is -0.339 e. The normalized spacial score (nSPS) is 22.5. The third-order valence-corrected chi connectivity index (χ3v) is 4.02. The Labute approximate surface area is 120 Å². The van der Waals surface area contributed by atoms with Crippen molar-refractivity contribution in [2.45, 2.75) is 19.8 Å². The molecule has 0 aliphatic heterocycles. The number of hydrogen-bond donors (Lipinski definition) is 0. The van der Waals surface area contributed by atoms with Crippen molar-refractivity contribution >= 4 is 5.69 Å². The molecule has 0 N–H and O–H groups in total. The van der Waals surface area contributed by atoms with Crippen molar-refractivity contribution in [1.82, 2.24) is 10.1 Å². The minimum atomic E-state index is -0.482. The summed E-state index contributed by atoms with van der Waals surface area (Å²) in [6.07, 6.45) is 0. The first-order chi connectivity index (χ1) is 9.96. The van der Waals surface area contributed by atoms with Gasteiger partial charge in [-0.3, -0.25) is 10.1 Å². The summed E-state index contributed by atoms with van der Waals surface area (Å²) in [5.74, 6) is 0.250. The average Bonchev–Trinajstić information content (AvgIpc) is 2.82. The van der Waals surface area contributed by atoms with E-state index < -0.39 is 4.92 Å². The molecule has 0 radical (unpaired) electrons. The maximum Gasteiger partial charge on any atom is 0.280 e. The summed E-state index contributed by atoms with van der Waals surface area (Å²) in [4.78, 5) is 14.8. The lowest BCUT2D eigenvalue weighted by atomic mass is 10.1. The van der Waals surface area contributed by atoms with Crippen molar-refractivity contribution in [3.63, 3.8) is 0 Å². The zero-order valence-corrected chi connectivity index (χ0v) is 11.5. The summed E-state index contributed by atoms with van der Waals surface area (Å²) < 4.78 is 5.21. The molecule has 3 rings (SSSR count). The molecule has 0 spiro atoms. The summed E-state index contributed by atoms with van der Waals surface area (Å²) in [5, 5.41) is 23.9. The summed E-state index contributed by atoms with van der Waals surface area (Å²) in [5.41, 5.74) is 0.0301. The topological polar surface area (TPSA) is 106 Å². The smallest absolute Gasteiger partial charge is 0.280 e. The van der Waals surface area contributed by atoms with Gasteiger partial charge >= 0.3 is 0 Å². The molecule has 1 aromatic heterocycles. The van der Waals surface area contributed by atoms with Crippen LogP contribution in [-0.2, 0) is 0 Å². The van der Waals surface area contributed by atoms with Gasteiger partial charge in [0.05, 0.1) is 22.8 Å². The van der Waals surface area contributed by atoms with Crippen LogP contribution >= 0.6 is 0 Å². The number of para-hydroxylation sites is 1. The highest BCUT2D eigenvalue weighted by Gasteiger charge is 2.62. The van der Waals surface area contributed by atoms with Crippen molar-refractivity contribution in [3.05, 3.63) is 40.3 Å². The van der Waals surface area contributed by atoms with Gasteiger partial charge in [-0.1, -0.05) is 31.1 Å². The molecule has 1 aromatic carbocycles. The number of nitro groups is 1. The molecule has 1 saturated carbocycles. The second-order valence-electron chi connectivity index (χ2n) is 5.64. The maximum atomic E-state index is 11.0. The lowest BCUT2D eigenvalue weighted by molar-refractivity contribution is -0.384. The second-order valence-corrected chi connectivity index (χ2v) is 5.64. The van der Waals surface area contributed by atoms with Gasteiger partial charge in [0.15, 0.2) is 0 Å². The predicted octanol–water partition coefficient (Wildman–Crippen LogP) is 2.91. The van der Waals surface area contributed by atoms with Crippen LogP contribution in [0.15, 0.2) is 28.8 Å². The highest BCUT2D eigenvalue weighted by molar-refractivity contribution is 5.67. The summed E-state index contributed by atoms with van der Waals surface area (Å²) in [6.45, 7) is 3.92. The number of nitro benzene ring substituents is 1. The number of aromatic nitrogens is 2. The van der Waals surface area contributed by atoms with Crippen molar-refractivity contribution in [2.75, 3.05) is 0 Å². The van der Waals surface area contributed by atoms with E-state index in [1.165, 1.54) is 6.07 Å². The van der Waals surface area contributed by atoms with E-state index in [1.54, 1.807) is 18.2 Å². The van der Waals surface area contributed by atoms with Crippen LogP contribution in [0.25, 0.3) is 11.4 Å².